The van der Waals surface area contributed by atoms with Gasteiger partial charge in [-0.3, -0.25) is 4.79 Å². The number of amides is 1. The van der Waals surface area contributed by atoms with Crippen molar-refractivity contribution < 1.29 is 14.3 Å². The number of halogens is 1. The maximum Gasteiger partial charge on any atom is 0.278 e. The van der Waals surface area contributed by atoms with Gasteiger partial charge in [0.05, 0.1) is 31.2 Å². The summed E-state index contributed by atoms with van der Waals surface area (Å²) in [6.45, 7) is 3.66. The number of hydrogen-bond acceptors (Lipinski definition) is 6. The minimum absolute atomic E-state index is 0.175. The van der Waals surface area contributed by atoms with Crippen LogP contribution < -0.4 is 14.8 Å². The molecule has 2 aromatic heterocycles. The fraction of sp³-hybridized carbons (Fsp3) is 0.182. The number of nitrogens with zero attached hydrogens (tertiary/aromatic N) is 4. The van der Waals surface area contributed by atoms with E-state index in [0.717, 1.165) is 16.8 Å². The topological polar surface area (TPSA) is 90.6 Å². The molecule has 0 atom stereocenters. The average Bonchev–Trinajstić information content (AvgIpc) is 3.10. The number of fused-ring (bicyclic) bond motifs is 1. The van der Waals surface area contributed by atoms with Gasteiger partial charge in [-0.05, 0) is 49.7 Å². The third-order valence-electron chi connectivity index (χ3n) is 4.91. The summed E-state index contributed by atoms with van der Waals surface area (Å²) in [6, 6.07) is 12.5. The molecule has 0 spiro atoms. The van der Waals surface area contributed by atoms with E-state index in [1.165, 1.54) is 0 Å². The molecule has 0 radical (unpaired) electrons. The van der Waals surface area contributed by atoms with E-state index >= 15 is 0 Å². The Hall–Kier alpha value is -3.65. The molecule has 8 nitrogen and oxygen atoms in total. The lowest BCUT2D eigenvalue weighted by Gasteiger charge is -2.10. The van der Waals surface area contributed by atoms with Gasteiger partial charge in [-0.15, -0.1) is 10.2 Å². The first kappa shape index (κ1) is 20.6. The highest BCUT2D eigenvalue weighted by Crippen LogP contribution is 2.35. The Labute approximate surface area is 183 Å². The lowest BCUT2D eigenvalue weighted by atomic mass is 10.1. The summed E-state index contributed by atoms with van der Waals surface area (Å²) in [6.07, 6.45) is 0. The Bertz CT molecular complexity index is 1300. The van der Waals surface area contributed by atoms with E-state index in [1.807, 2.05) is 25.1 Å². The maximum absolute atomic E-state index is 12.8. The fourth-order valence-electron chi connectivity index (χ4n) is 3.41. The number of rotatable bonds is 5. The largest absolute Gasteiger partial charge is 0.493 e. The Morgan fingerprint density at radius 3 is 2.52 bits per heavy atom. The predicted molar refractivity (Wildman–Crippen MR) is 118 cm³/mol. The van der Waals surface area contributed by atoms with E-state index in [2.05, 4.69) is 20.6 Å². The Balaban J connectivity index is 1.76. The highest BCUT2D eigenvalue weighted by molar-refractivity contribution is 6.30. The van der Waals surface area contributed by atoms with Crippen molar-refractivity contribution in [1.82, 2.24) is 19.8 Å². The summed E-state index contributed by atoms with van der Waals surface area (Å²) in [4.78, 5) is 12.8. The van der Waals surface area contributed by atoms with E-state index in [-0.39, 0.29) is 5.69 Å². The number of aryl methyl sites for hydroxylation is 2. The van der Waals surface area contributed by atoms with E-state index in [1.54, 1.807) is 49.9 Å². The monoisotopic (exact) mass is 437 g/mol. The molecule has 0 unspecified atom stereocenters. The minimum atomic E-state index is -0.394. The van der Waals surface area contributed by atoms with Gasteiger partial charge in [0.1, 0.15) is 0 Å². The number of benzene rings is 2. The lowest BCUT2D eigenvalue weighted by molar-refractivity contribution is 0.102. The molecule has 4 aromatic rings. The first-order valence-corrected chi connectivity index (χ1v) is 9.82. The molecule has 1 N–H and O–H groups in total. The summed E-state index contributed by atoms with van der Waals surface area (Å²) >= 11 is 5.99. The van der Waals surface area contributed by atoms with Crippen LogP contribution >= 0.6 is 11.6 Å². The minimum Gasteiger partial charge on any atom is -0.493 e. The summed E-state index contributed by atoms with van der Waals surface area (Å²) < 4.78 is 12.4. The van der Waals surface area contributed by atoms with Gasteiger partial charge in [0.2, 0.25) is 0 Å². The van der Waals surface area contributed by atoms with Crippen molar-refractivity contribution >= 4 is 28.8 Å². The molecule has 1 amide bonds. The van der Waals surface area contributed by atoms with Crippen molar-refractivity contribution in [3.8, 4) is 22.6 Å². The predicted octanol–water partition coefficient (Wildman–Crippen LogP) is 4.33. The number of anilines is 1. The molecule has 4 rings (SSSR count). The van der Waals surface area contributed by atoms with Crippen LogP contribution in [-0.4, -0.2) is 39.9 Å². The van der Waals surface area contributed by atoms with Gasteiger partial charge in [-0.2, -0.15) is 5.10 Å². The van der Waals surface area contributed by atoms with Gasteiger partial charge in [0.25, 0.3) is 5.91 Å². The standard InChI is InChI=1S/C22H20ClN5O3/c1-12-19(14-8-9-17(30-3)18(10-14)31-4)21-26-25-20(13(2)28(21)27-12)22(29)24-16-7-5-6-15(23)11-16/h5-11H,1-4H3,(H,24,29). The highest BCUT2D eigenvalue weighted by atomic mass is 35.5. The molecule has 0 saturated heterocycles. The maximum atomic E-state index is 12.8. The van der Waals surface area contributed by atoms with Crippen LogP contribution in [0.2, 0.25) is 5.02 Å². The number of carbonyl (C=O) groups excluding carboxylic acids is 1. The third-order valence-corrected chi connectivity index (χ3v) is 5.15. The van der Waals surface area contributed by atoms with Gasteiger partial charge in [0, 0.05) is 10.7 Å². The molecule has 0 bridgehead atoms. The second-order valence-electron chi connectivity index (χ2n) is 6.86. The van der Waals surface area contributed by atoms with E-state index in [0.29, 0.717) is 33.6 Å². The van der Waals surface area contributed by atoms with Gasteiger partial charge in [-0.1, -0.05) is 23.7 Å². The zero-order valence-electron chi connectivity index (χ0n) is 17.4. The van der Waals surface area contributed by atoms with E-state index in [9.17, 15) is 4.79 Å². The van der Waals surface area contributed by atoms with Crippen molar-refractivity contribution in [2.45, 2.75) is 13.8 Å². The van der Waals surface area contributed by atoms with Crippen LogP contribution in [0.15, 0.2) is 42.5 Å². The average molecular weight is 438 g/mol. The molecule has 158 valence electrons. The van der Waals surface area contributed by atoms with Crippen molar-refractivity contribution in [3.05, 3.63) is 64.6 Å². The quantitative estimate of drug-likeness (QED) is 0.499. The molecular formula is C22H20ClN5O3. The van der Waals surface area contributed by atoms with Gasteiger partial charge in [0.15, 0.2) is 22.8 Å². The highest BCUT2D eigenvalue weighted by Gasteiger charge is 2.21. The summed E-state index contributed by atoms with van der Waals surface area (Å²) in [5, 5.41) is 16.4. The first-order chi connectivity index (χ1) is 14.9. The molecule has 0 fully saturated rings. The zero-order valence-corrected chi connectivity index (χ0v) is 18.2. The van der Waals surface area contributed by atoms with Gasteiger partial charge in [-0.25, -0.2) is 4.52 Å². The molecule has 2 aromatic carbocycles. The molecule has 9 heteroatoms. The number of hydrogen-bond donors (Lipinski definition) is 1. The van der Waals surface area contributed by atoms with E-state index in [4.69, 9.17) is 21.1 Å². The molecule has 0 aliphatic carbocycles. The Morgan fingerprint density at radius 1 is 1.03 bits per heavy atom. The molecule has 31 heavy (non-hydrogen) atoms. The second-order valence-corrected chi connectivity index (χ2v) is 7.30. The normalized spacial score (nSPS) is 10.9. The lowest BCUT2D eigenvalue weighted by Crippen LogP contribution is -2.18. The Kier molecular flexibility index (Phi) is 5.48. The van der Waals surface area contributed by atoms with Crippen LogP contribution in [0.3, 0.4) is 0 Å². The number of carbonyl (C=O) groups is 1. The van der Waals surface area contributed by atoms with Crippen molar-refractivity contribution in [2.75, 3.05) is 19.5 Å². The fourth-order valence-corrected chi connectivity index (χ4v) is 3.60. The molecule has 2 heterocycles. The molecule has 0 saturated carbocycles. The number of methoxy groups -OCH3 is 2. The van der Waals surface area contributed by atoms with Crippen LogP contribution in [0.1, 0.15) is 21.9 Å². The van der Waals surface area contributed by atoms with Crippen molar-refractivity contribution in [1.29, 1.82) is 0 Å². The van der Waals surface area contributed by atoms with Crippen LogP contribution in [0.25, 0.3) is 16.8 Å². The second kappa shape index (κ2) is 8.23. The van der Waals surface area contributed by atoms with Crippen molar-refractivity contribution in [2.24, 2.45) is 0 Å². The SMILES string of the molecule is COc1ccc(-c2c(C)nn3c(C)c(C(=O)Nc4cccc(Cl)c4)nnc23)cc1OC. The zero-order chi connectivity index (χ0) is 22.1. The molecular weight excluding hydrogens is 418 g/mol. The third kappa shape index (κ3) is 3.77. The van der Waals surface area contributed by atoms with Crippen molar-refractivity contribution in [3.63, 3.8) is 0 Å². The number of nitrogens with one attached hydrogen (secondary N) is 1. The summed E-state index contributed by atoms with van der Waals surface area (Å²) in [5.74, 6) is 0.832. The molecule has 0 aliphatic heterocycles. The summed E-state index contributed by atoms with van der Waals surface area (Å²) in [5.41, 5.74) is 4.27. The van der Waals surface area contributed by atoms with Crippen LogP contribution in [0.5, 0.6) is 11.5 Å². The molecule has 0 aliphatic rings. The van der Waals surface area contributed by atoms with Crippen LogP contribution in [0, 0.1) is 13.8 Å². The van der Waals surface area contributed by atoms with Crippen LogP contribution in [-0.2, 0) is 0 Å². The van der Waals surface area contributed by atoms with Gasteiger partial charge >= 0.3 is 0 Å². The smallest absolute Gasteiger partial charge is 0.278 e. The summed E-state index contributed by atoms with van der Waals surface area (Å²) in [7, 11) is 3.17. The van der Waals surface area contributed by atoms with Gasteiger partial charge < -0.3 is 14.8 Å². The number of aromatic nitrogens is 4. The number of ether oxygens (including phenoxy) is 2. The Morgan fingerprint density at radius 2 is 1.81 bits per heavy atom. The first-order valence-electron chi connectivity index (χ1n) is 9.45. The van der Waals surface area contributed by atoms with E-state index < -0.39 is 5.91 Å². The van der Waals surface area contributed by atoms with Crippen LogP contribution in [0.4, 0.5) is 5.69 Å².